The molecule has 0 radical (unpaired) electrons. The lowest BCUT2D eigenvalue weighted by molar-refractivity contribution is 0.521. The van der Waals surface area contributed by atoms with Crippen molar-refractivity contribution in [3.63, 3.8) is 0 Å². The molecule has 1 N–H and O–H groups in total. The van der Waals surface area contributed by atoms with Gasteiger partial charge in [0.1, 0.15) is 0 Å². The number of hydrogen-bond acceptors (Lipinski definition) is 1. The van der Waals surface area contributed by atoms with E-state index in [1.165, 1.54) is 141 Å². The highest BCUT2D eigenvalue weighted by Crippen LogP contribution is 2.14. The molecular formula is C30H56ClN. The van der Waals surface area contributed by atoms with Crippen LogP contribution in [0.5, 0.6) is 0 Å². The number of hydrogen-bond donors (Lipinski definition) is 1. The van der Waals surface area contributed by atoms with E-state index in [-0.39, 0.29) is 0 Å². The summed E-state index contributed by atoms with van der Waals surface area (Å²) in [5, 5.41) is 3.23. The number of rotatable bonds is 22. The monoisotopic (exact) mass is 465 g/mol. The maximum absolute atomic E-state index is 5.53. The third kappa shape index (κ3) is 25.7. The van der Waals surface area contributed by atoms with Gasteiger partial charge in [0, 0.05) is 5.88 Å². The lowest BCUT2D eigenvalue weighted by Crippen LogP contribution is -2.06. The Morgan fingerprint density at radius 2 is 0.875 bits per heavy atom. The van der Waals surface area contributed by atoms with Crippen LogP contribution in [0.25, 0.3) is 0 Å². The molecule has 0 amide bonds. The van der Waals surface area contributed by atoms with E-state index in [4.69, 9.17) is 11.6 Å². The minimum atomic E-state index is 0.612. The number of halogens is 1. The van der Waals surface area contributed by atoms with Crippen molar-refractivity contribution >= 4 is 11.6 Å². The van der Waals surface area contributed by atoms with Gasteiger partial charge in [-0.3, -0.25) is 0 Å². The van der Waals surface area contributed by atoms with E-state index in [9.17, 15) is 0 Å². The van der Waals surface area contributed by atoms with Crippen molar-refractivity contribution in [3.8, 4) is 0 Å². The van der Waals surface area contributed by atoms with E-state index in [0.717, 1.165) is 0 Å². The van der Waals surface area contributed by atoms with Crippen molar-refractivity contribution in [2.24, 2.45) is 0 Å². The minimum absolute atomic E-state index is 0.612. The molecule has 188 valence electrons. The SMILES string of the molecule is CCCCCCCCCCCCCCCCCCCCCCNC.ClCc1ccccc1. The molecule has 32 heavy (non-hydrogen) atoms. The molecule has 0 unspecified atom stereocenters. The number of alkyl halides is 1. The van der Waals surface area contributed by atoms with E-state index >= 15 is 0 Å². The van der Waals surface area contributed by atoms with Gasteiger partial charge in [-0.2, -0.15) is 0 Å². The molecule has 1 rings (SSSR count). The fourth-order valence-corrected chi connectivity index (χ4v) is 4.30. The van der Waals surface area contributed by atoms with E-state index in [0.29, 0.717) is 5.88 Å². The summed E-state index contributed by atoms with van der Waals surface area (Å²) in [6.45, 7) is 3.49. The van der Waals surface area contributed by atoms with Gasteiger partial charge in [-0.15, -0.1) is 11.6 Å². The first-order valence-electron chi connectivity index (χ1n) is 14.1. The molecule has 1 aromatic carbocycles. The zero-order chi connectivity index (χ0) is 23.4. The number of nitrogens with one attached hydrogen (secondary N) is 1. The van der Waals surface area contributed by atoms with Crippen LogP contribution >= 0.6 is 11.6 Å². The summed E-state index contributed by atoms with van der Waals surface area (Å²) in [5.41, 5.74) is 1.18. The van der Waals surface area contributed by atoms with Crippen LogP contribution in [0.15, 0.2) is 30.3 Å². The highest BCUT2D eigenvalue weighted by atomic mass is 35.5. The van der Waals surface area contributed by atoms with Gasteiger partial charge in [-0.1, -0.05) is 159 Å². The molecule has 0 saturated carbocycles. The van der Waals surface area contributed by atoms with Crippen molar-refractivity contribution in [3.05, 3.63) is 35.9 Å². The summed E-state index contributed by atoms with van der Waals surface area (Å²) in [6, 6.07) is 9.96. The lowest BCUT2D eigenvalue weighted by Gasteiger charge is -2.04. The Hall–Kier alpha value is -0.530. The second-order valence-electron chi connectivity index (χ2n) is 9.44. The first-order chi connectivity index (χ1) is 15.8. The molecule has 0 atom stereocenters. The quantitative estimate of drug-likeness (QED) is 0.132. The van der Waals surface area contributed by atoms with Gasteiger partial charge < -0.3 is 5.32 Å². The summed E-state index contributed by atoms with van der Waals surface area (Å²) >= 11 is 5.53. The van der Waals surface area contributed by atoms with Crippen LogP contribution in [-0.2, 0) is 5.88 Å². The average Bonchev–Trinajstić information content (AvgIpc) is 2.84. The fraction of sp³-hybridized carbons (Fsp3) is 0.800. The molecule has 0 saturated heterocycles. The van der Waals surface area contributed by atoms with Gasteiger partial charge in [-0.05, 0) is 25.6 Å². The van der Waals surface area contributed by atoms with E-state index < -0.39 is 0 Å². The van der Waals surface area contributed by atoms with Gasteiger partial charge in [0.05, 0.1) is 0 Å². The van der Waals surface area contributed by atoms with Crippen LogP contribution < -0.4 is 5.32 Å². The second-order valence-corrected chi connectivity index (χ2v) is 9.71. The van der Waals surface area contributed by atoms with Gasteiger partial charge in [0.25, 0.3) is 0 Å². The summed E-state index contributed by atoms with van der Waals surface area (Å²) < 4.78 is 0. The Bertz CT molecular complexity index is 412. The van der Waals surface area contributed by atoms with Gasteiger partial charge in [0.15, 0.2) is 0 Å². The molecule has 1 nitrogen and oxygen atoms in total. The molecule has 1 aromatic rings. The van der Waals surface area contributed by atoms with E-state index in [1.54, 1.807) is 0 Å². The highest BCUT2D eigenvalue weighted by molar-refractivity contribution is 6.17. The van der Waals surface area contributed by atoms with Crippen molar-refractivity contribution in [1.82, 2.24) is 5.32 Å². The molecule has 0 heterocycles. The van der Waals surface area contributed by atoms with Gasteiger partial charge in [-0.25, -0.2) is 0 Å². The van der Waals surface area contributed by atoms with Crippen molar-refractivity contribution in [2.45, 2.75) is 141 Å². The van der Waals surface area contributed by atoms with Crippen LogP contribution in [0.1, 0.15) is 141 Å². The molecule has 2 heteroatoms. The molecule has 0 fully saturated rings. The molecule has 0 aromatic heterocycles. The summed E-state index contributed by atoms with van der Waals surface area (Å²) in [5.74, 6) is 0.612. The first-order valence-corrected chi connectivity index (χ1v) is 14.6. The second kappa shape index (κ2) is 28.5. The van der Waals surface area contributed by atoms with E-state index in [2.05, 4.69) is 19.3 Å². The number of benzene rings is 1. The predicted molar refractivity (Wildman–Crippen MR) is 148 cm³/mol. The highest BCUT2D eigenvalue weighted by Gasteiger charge is 1.95. The van der Waals surface area contributed by atoms with Crippen molar-refractivity contribution < 1.29 is 0 Å². The topological polar surface area (TPSA) is 12.0 Å². The van der Waals surface area contributed by atoms with Crippen LogP contribution in [0.4, 0.5) is 0 Å². The summed E-state index contributed by atoms with van der Waals surface area (Å²) in [4.78, 5) is 0. The molecule has 0 aliphatic carbocycles. The predicted octanol–water partition coefficient (Wildman–Crippen LogP) is 10.5. The smallest absolute Gasteiger partial charge is 0.0474 e. The molecule has 0 aliphatic heterocycles. The Labute approximate surface area is 207 Å². The third-order valence-electron chi connectivity index (χ3n) is 6.28. The Morgan fingerprint density at radius 1 is 0.531 bits per heavy atom. The largest absolute Gasteiger partial charge is 0.320 e. The standard InChI is InChI=1S/C23H49N.C7H7Cl/c1-3-4-5-6-7-8-9-10-11-12-13-14-15-16-17-18-19-20-21-22-23-24-2;8-6-7-4-2-1-3-5-7/h24H,3-23H2,1-2H3;1-5H,6H2. The molecule has 0 bridgehead atoms. The molecule has 0 aliphatic rings. The normalized spacial score (nSPS) is 10.7. The zero-order valence-electron chi connectivity index (χ0n) is 21.8. The maximum Gasteiger partial charge on any atom is 0.0474 e. The summed E-state index contributed by atoms with van der Waals surface area (Å²) in [6.07, 6.45) is 29.2. The third-order valence-corrected chi connectivity index (χ3v) is 6.59. The summed E-state index contributed by atoms with van der Waals surface area (Å²) in [7, 11) is 2.05. The Morgan fingerprint density at radius 3 is 1.16 bits per heavy atom. The van der Waals surface area contributed by atoms with Crippen LogP contribution in [-0.4, -0.2) is 13.6 Å². The van der Waals surface area contributed by atoms with Crippen molar-refractivity contribution in [2.75, 3.05) is 13.6 Å². The van der Waals surface area contributed by atoms with Crippen LogP contribution in [0, 0.1) is 0 Å². The lowest BCUT2D eigenvalue weighted by atomic mass is 10.0. The average molecular weight is 466 g/mol. The maximum atomic E-state index is 5.53. The number of unbranched alkanes of at least 4 members (excludes halogenated alkanes) is 19. The minimum Gasteiger partial charge on any atom is -0.320 e. The fourth-order valence-electron chi connectivity index (χ4n) is 4.12. The van der Waals surface area contributed by atoms with Gasteiger partial charge >= 0.3 is 0 Å². The first kappa shape index (κ1) is 31.5. The van der Waals surface area contributed by atoms with Gasteiger partial charge in [0.2, 0.25) is 0 Å². The molecule has 0 spiro atoms. The molecular weight excluding hydrogens is 410 g/mol. The Kier molecular flexibility index (Phi) is 28.0. The van der Waals surface area contributed by atoms with E-state index in [1.807, 2.05) is 30.3 Å². The van der Waals surface area contributed by atoms with Crippen LogP contribution in [0.2, 0.25) is 0 Å². The zero-order valence-corrected chi connectivity index (χ0v) is 22.6. The Balaban J connectivity index is 0.000000995. The van der Waals surface area contributed by atoms with Crippen LogP contribution in [0.3, 0.4) is 0 Å². The van der Waals surface area contributed by atoms with Crippen molar-refractivity contribution in [1.29, 1.82) is 0 Å².